The van der Waals surface area contributed by atoms with E-state index in [4.69, 9.17) is 4.74 Å². The van der Waals surface area contributed by atoms with Crippen LogP contribution in [0, 0.1) is 11.6 Å². The van der Waals surface area contributed by atoms with Crippen LogP contribution < -0.4 is 9.46 Å². The van der Waals surface area contributed by atoms with Gasteiger partial charge in [0, 0.05) is 31.1 Å². The molecule has 3 aromatic rings. The van der Waals surface area contributed by atoms with Crippen molar-refractivity contribution in [2.75, 3.05) is 4.72 Å². The van der Waals surface area contributed by atoms with Crippen LogP contribution >= 0.6 is 0 Å². The van der Waals surface area contributed by atoms with Gasteiger partial charge in [-0.3, -0.25) is 9.40 Å². The highest BCUT2D eigenvalue weighted by molar-refractivity contribution is 7.92. The lowest BCUT2D eigenvalue weighted by Gasteiger charge is -2.32. The zero-order chi connectivity index (χ0) is 22.0. The number of pyridine rings is 1. The number of anilines is 1. The van der Waals surface area contributed by atoms with Crippen molar-refractivity contribution in [1.82, 2.24) is 14.8 Å². The van der Waals surface area contributed by atoms with Gasteiger partial charge in [0.25, 0.3) is 10.0 Å². The lowest BCUT2D eigenvalue weighted by atomic mass is 9.84. The van der Waals surface area contributed by atoms with Gasteiger partial charge >= 0.3 is 0 Å². The Bertz CT molecular complexity index is 1170. The molecule has 4 rings (SSSR count). The molecule has 0 saturated heterocycles. The van der Waals surface area contributed by atoms with E-state index in [1.807, 2.05) is 13.1 Å². The maximum Gasteiger partial charge on any atom is 0.266 e. The Morgan fingerprint density at radius 1 is 1.06 bits per heavy atom. The molecule has 0 spiro atoms. The zero-order valence-electron chi connectivity index (χ0n) is 16.8. The van der Waals surface area contributed by atoms with Crippen LogP contribution in [-0.2, 0) is 17.1 Å². The molecule has 1 aliphatic rings. The Morgan fingerprint density at radius 2 is 1.87 bits per heavy atom. The Hall–Kier alpha value is -3.01. The van der Waals surface area contributed by atoms with Crippen LogP contribution in [0.2, 0.25) is 0 Å². The molecule has 0 unspecified atom stereocenters. The summed E-state index contributed by atoms with van der Waals surface area (Å²) < 4.78 is 64.3. The van der Waals surface area contributed by atoms with Crippen LogP contribution in [0.1, 0.15) is 37.3 Å². The van der Waals surface area contributed by atoms with E-state index in [1.165, 1.54) is 12.3 Å². The first kappa shape index (κ1) is 21.2. The molecule has 1 fully saturated rings. The third-order valence-corrected chi connectivity index (χ3v) is 6.80. The first-order valence-electron chi connectivity index (χ1n) is 9.93. The molecule has 2 heterocycles. The largest absolute Gasteiger partial charge is 0.487 e. The first-order chi connectivity index (χ1) is 14.9. The van der Waals surface area contributed by atoms with Crippen molar-refractivity contribution in [2.24, 2.45) is 7.05 Å². The Balaban J connectivity index is 1.59. The number of rotatable bonds is 6. The second-order valence-electron chi connectivity index (χ2n) is 7.44. The van der Waals surface area contributed by atoms with E-state index in [0.717, 1.165) is 37.1 Å². The Kier molecular flexibility index (Phi) is 5.90. The summed E-state index contributed by atoms with van der Waals surface area (Å²) in [4.78, 5) is 3.03. The third kappa shape index (κ3) is 4.39. The zero-order valence-corrected chi connectivity index (χ0v) is 17.6. The smallest absolute Gasteiger partial charge is 0.266 e. The number of hydrogen-bond donors (Lipinski definition) is 1. The molecule has 2 atom stereocenters. The van der Waals surface area contributed by atoms with Gasteiger partial charge in [0.1, 0.15) is 16.8 Å². The average Bonchev–Trinajstić information content (AvgIpc) is 3.18. The summed E-state index contributed by atoms with van der Waals surface area (Å²) in [5, 5.41) is 4.19. The van der Waals surface area contributed by atoms with Gasteiger partial charge in [-0.25, -0.2) is 17.8 Å². The van der Waals surface area contributed by atoms with Gasteiger partial charge in [-0.15, -0.1) is 0 Å². The van der Waals surface area contributed by atoms with Crippen LogP contribution in [0.4, 0.5) is 14.6 Å². The fraction of sp³-hybridized carbons (Fsp3) is 0.333. The Labute approximate surface area is 179 Å². The molecule has 164 valence electrons. The van der Waals surface area contributed by atoms with Gasteiger partial charge in [-0.1, -0.05) is 12.5 Å². The second-order valence-corrected chi connectivity index (χ2v) is 9.09. The summed E-state index contributed by atoms with van der Waals surface area (Å²) in [6.07, 6.45) is 6.14. The van der Waals surface area contributed by atoms with Gasteiger partial charge in [-0.05, 0) is 49.6 Å². The number of hydrogen-bond acceptors (Lipinski definition) is 5. The van der Waals surface area contributed by atoms with E-state index in [2.05, 4.69) is 14.8 Å². The summed E-state index contributed by atoms with van der Waals surface area (Å²) in [6, 6.07) is 8.63. The minimum Gasteiger partial charge on any atom is -0.487 e. The fourth-order valence-corrected chi connectivity index (χ4v) is 4.99. The van der Waals surface area contributed by atoms with Crippen molar-refractivity contribution in [3.8, 4) is 5.75 Å². The topological polar surface area (TPSA) is 86.1 Å². The predicted molar refractivity (Wildman–Crippen MR) is 110 cm³/mol. The average molecular weight is 448 g/mol. The lowest BCUT2D eigenvalue weighted by molar-refractivity contribution is 0.120. The van der Waals surface area contributed by atoms with Crippen LogP contribution in [0.3, 0.4) is 0 Å². The summed E-state index contributed by atoms with van der Waals surface area (Å²) >= 11 is 0. The maximum atomic E-state index is 14.8. The van der Waals surface area contributed by atoms with Crippen molar-refractivity contribution >= 4 is 15.8 Å². The van der Waals surface area contributed by atoms with Crippen molar-refractivity contribution in [2.45, 2.75) is 42.6 Å². The van der Waals surface area contributed by atoms with Crippen molar-refractivity contribution in [3.05, 3.63) is 66.1 Å². The number of nitrogens with one attached hydrogen (secondary N) is 1. The van der Waals surface area contributed by atoms with E-state index in [0.29, 0.717) is 6.42 Å². The predicted octanol–water partition coefficient (Wildman–Crippen LogP) is 4.00. The Morgan fingerprint density at radius 3 is 2.58 bits per heavy atom. The first-order valence-corrected chi connectivity index (χ1v) is 11.4. The summed E-state index contributed by atoms with van der Waals surface area (Å²) in [5.41, 5.74) is 0.962. The summed E-state index contributed by atoms with van der Waals surface area (Å²) in [5.74, 6) is -3.15. The normalized spacial score (nSPS) is 19.2. The van der Waals surface area contributed by atoms with E-state index < -0.39 is 26.6 Å². The van der Waals surface area contributed by atoms with Gasteiger partial charge in [0.05, 0.1) is 0 Å². The molecule has 1 aliphatic carbocycles. The molecule has 7 nitrogen and oxygen atoms in total. The van der Waals surface area contributed by atoms with E-state index in [1.54, 1.807) is 23.0 Å². The van der Waals surface area contributed by atoms with Crippen LogP contribution in [-0.4, -0.2) is 29.3 Å². The summed E-state index contributed by atoms with van der Waals surface area (Å²) in [6.45, 7) is 0. The molecule has 10 heteroatoms. The van der Waals surface area contributed by atoms with Crippen molar-refractivity contribution in [3.63, 3.8) is 0 Å². The highest BCUT2D eigenvalue weighted by Crippen LogP contribution is 2.37. The highest BCUT2D eigenvalue weighted by atomic mass is 32.2. The quantitative estimate of drug-likeness (QED) is 0.616. The minimum atomic E-state index is -4.36. The van der Waals surface area contributed by atoms with Crippen molar-refractivity contribution in [1.29, 1.82) is 0 Å². The highest BCUT2D eigenvalue weighted by Gasteiger charge is 2.32. The number of aryl methyl sites for hydroxylation is 1. The van der Waals surface area contributed by atoms with Gasteiger partial charge in [-0.2, -0.15) is 9.49 Å². The van der Waals surface area contributed by atoms with Gasteiger partial charge < -0.3 is 4.74 Å². The van der Waals surface area contributed by atoms with E-state index >= 15 is 0 Å². The molecule has 1 saturated carbocycles. The molecule has 31 heavy (non-hydrogen) atoms. The van der Waals surface area contributed by atoms with Crippen LogP contribution in [0.15, 0.2) is 53.7 Å². The molecule has 0 aliphatic heterocycles. The number of halogens is 2. The fourth-order valence-electron chi connectivity index (χ4n) is 3.92. The van der Waals surface area contributed by atoms with Gasteiger partial charge in [0.2, 0.25) is 5.82 Å². The van der Waals surface area contributed by atoms with Crippen molar-refractivity contribution < 1.29 is 21.9 Å². The lowest BCUT2D eigenvalue weighted by Crippen LogP contribution is -2.30. The van der Waals surface area contributed by atoms with Gasteiger partial charge in [0.15, 0.2) is 11.6 Å². The molecule has 2 aromatic heterocycles. The SMILES string of the molecule is Cn1nccc1[C@H]1CCCC[C@@H]1Oc1ccc(S(=O)(=O)Nc2ccccn2)c(F)c1F. The van der Waals surface area contributed by atoms with Crippen LogP contribution in [0.5, 0.6) is 5.75 Å². The number of nitrogens with zero attached hydrogens (tertiary/aromatic N) is 3. The van der Waals surface area contributed by atoms with E-state index in [-0.39, 0.29) is 23.6 Å². The molecule has 1 N–H and O–H groups in total. The number of ether oxygens (including phenoxy) is 1. The maximum absolute atomic E-state index is 14.8. The third-order valence-electron chi connectivity index (χ3n) is 5.42. The second kappa shape index (κ2) is 8.62. The molecular weight excluding hydrogens is 426 g/mol. The van der Waals surface area contributed by atoms with E-state index in [9.17, 15) is 17.2 Å². The number of aromatic nitrogens is 3. The number of benzene rings is 1. The summed E-state index contributed by atoms with van der Waals surface area (Å²) in [7, 11) is -2.53. The monoisotopic (exact) mass is 448 g/mol. The molecule has 0 bridgehead atoms. The molecule has 1 aromatic carbocycles. The number of sulfonamides is 1. The molecule has 0 radical (unpaired) electrons. The molecule has 0 amide bonds. The standard InChI is InChI=1S/C21H22F2N4O3S/c1-27-15(11-13-25-27)14-6-2-3-7-16(14)30-17-9-10-18(21(23)20(17)22)31(28,29)26-19-8-4-5-12-24-19/h4-5,8-14,16H,2-3,6-7H2,1H3,(H,24,26)/t14-,16+/m1/s1. The minimum absolute atomic E-state index is 0.00357. The van der Waals surface area contributed by atoms with Crippen LogP contribution in [0.25, 0.3) is 0 Å². The molecular formula is C21H22F2N4O3S.